The Bertz CT molecular complexity index is 642. The number of carbonyl (C=O) groups excluding carboxylic acids is 1. The van der Waals surface area contributed by atoms with Gasteiger partial charge in [-0.25, -0.2) is 4.57 Å². The first-order chi connectivity index (χ1) is 12.1. The summed E-state index contributed by atoms with van der Waals surface area (Å²) >= 11 is 0. The molecule has 0 fully saturated rings. The highest BCUT2D eigenvalue weighted by Crippen LogP contribution is 2.50. The summed E-state index contributed by atoms with van der Waals surface area (Å²) < 4.78 is 33.7. The molecule has 134 valence electrons. The van der Waals surface area contributed by atoms with Gasteiger partial charge in [-0.1, -0.05) is 60.7 Å². The SMILES string of the molecule is CC(=O)OCCOP(=O)(OCc1ccccc1)OCc1ccccc1. The Hall–Kier alpha value is -1.98. The lowest BCUT2D eigenvalue weighted by molar-refractivity contribution is -0.141. The van der Waals surface area contributed by atoms with E-state index in [0.717, 1.165) is 11.1 Å². The lowest BCUT2D eigenvalue weighted by atomic mass is 10.2. The molecular weight excluding hydrogens is 343 g/mol. The van der Waals surface area contributed by atoms with Crippen LogP contribution in [0.25, 0.3) is 0 Å². The second-order valence-electron chi connectivity index (χ2n) is 5.14. The molecule has 0 bridgehead atoms. The van der Waals surface area contributed by atoms with Crippen molar-refractivity contribution < 1.29 is 27.7 Å². The highest BCUT2D eigenvalue weighted by Gasteiger charge is 2.27. The molecule has 0 radical (unpaired) electrons. The molecule has 0 saturated carbocycles. The molecule has 0 unspecified atom stereocenters. The number of hydrogen-bond acceptors (Lipinski definition) is 6. The van der Waals surface area contributed by atoms with Crippen LogP contribution in [0.2, 0.25) is 0 Å². The monoisotopic (exact) mass is 364 g/mol. The summed E-state index contributed by atoms with van der Waals surface area (Å²) in [6.07, 6.45) is 0. The van der Waals surface area contributed by atoms with Crippen LogP contribution in [0.3, 0.4) is 0 Å². The van der Waals surface area contributed by atoms with Crippen LogP contribution in [-0.2, 0) is 40.9 Å². The van der Waals surface area contributed by atoms with Crippen LogP contribution >= 0.6 is 7.82 Å². The lowest BCUT2D eigenvalue weighted by Crippen LogP contribution is -2.09. The molecule has 0 aromatic heterocycles. The van der Waals surface area contributed by atoms with Gasteiger partial charge in [0, 0.05) is 6.92 Å². The summed E-state index contributed by atoms with van der Waals surface area (Å²) in [4.78, 5) is 10.8. The van der Waals surface area contributed by atoms with Gasteiger partial charge in [0.05, 0.1) is 19.8 Å². The number of phosphoric ester groups is 1. The molecule has 2 rings (SSSR count). The molecule has 0 N–H and O–H groups in total. The van der Waals surface area contributed by atoms with Crippen molar-refractivity contribution in [2.75, 3.05) is 13.2 Å². The Morgan fingerprint density at radius 1 is 0.800 bits per heavy atom. The molecular formula is C18H21O6P. The minimum atomic E-state index is -3.80. The lowest BCUT2D eigenvalue weighted by Gasteiger charge is -2.18. The molecule has 25 heavy (non-hydrogen) atoms. The molecule has 0 heterocycles. The van der Waals surface area contributed by atoms with Gasteiger partial charge in [-0.3, -0.25) is 18.4 Å². The van der Waals surface area contributed by atoms with Gasteiger partial charge in [-0.2, -0.15) is 0 Å². The number of esters is 1. The minimum absolute atomic E-state index is 0.0251. The molecule has 2 aromatic rings. The van der Waals surface area contributed by atoms with Crippen molar-refractivity contribution >= 4 is 13.8 Å². The van der Waals surface area contributed by atoms with E-state index >= 15 is 0 Å². The van der Waals surface area contributed by atoms with Gasteiger partial charge in [0.2, 0.25) is 0 Å². The van der Waals surface area contributed by atoms with Crippen molar-refractivity contribution in [1.82, 2.24) is 0 Å². The van der Waals surface area contributed by atoms with E-state index < -0.39 is 13.8 Å². The van der Waals surface area contributed by atoms with E-state index in [1.807, 2.05) is 60.7 Å². The molecule has 0 aliphatic heterocycles. The maximum absolute atomic E-state index is 12.8. The Morgan fingerprint density at radius 3 is 1.72 bits per heavy atom. The minimum Gasteiger partial charge on any atom is -0.463 e. The van der Waals surface area contributed by atoms with Crippen LogP contribution in [0.4, 0.5) is 0 Å². The molecule has 7 heteroatoms. The third kappa shape index (κ3) is 7.63. The van der Waals surface area contributed by atoms with E-state index in [2.05, 4.69) is 0 Å². The number of hydrogen-bond donors (Lipinski definition) is 0. The van der Waals surface area contributed by atoms with Crippen LogP contribution in [0, 0.1) is 0 Å². The predicted molar refractivity (Wildman–Crippen MR) is 92.7 cm³/mol. The third-order valence-electron chi connectivity index (χ3n) is 3.10. The summed E-state index contributed by atoms with van der Waals surface area (Å²) in [7, 11) is -3.80. The zero-order valence-electron chi connectivity index (χ0n) is 14.0. The fraction of sp³-hybridized carbons (Fsp3) is 0.278. The third-order valence-corrected chi connectivity index (χ3v) is 4.49. The zero-order valence-corrected chi connectivity index (χ0v) is 14.9. The van der Waals surface area contributed by atoms with Crippen LogP contribution in [0.15, 0.2) is 60.7 Å². The van der Waals surface area contributed by atoms with Crippen molar-refractivity contribution in [2.24, 2.45) is 0 Å². The van der Waals surface area contributed by atoms with Crippen molar-refractivity contribution in [3.63, 3.8) is 0 Å². The molecule has 0 aliphatic rings. The number of rotatable bonds is 10. The Kier molecular flexibility index (Phi) is 7.82. The smallest absolute Gasteiger partial charge is 0.463 e. The van der Waals surface area contributed by atoms with Crippen LogP contribution in [0.1, 0.15) is 18.1 Å². The highest BCUT2D eigenvalue weighted by molar-refractivity contribution is 7.48. The molecule has 0 amide bonds. The highest BCUT2D eigenvalue weighted by atomic mass is 31.2. The van der Waals surface area contributed by atoms with Gasteiger partial charge in [0.1, 0.15) is 6.61 Å². The average Bonchev–Trinajstić information content (AvgIpc) is 2.64. The average molecular weight is 364 g/mol. The molecule has 0 spiro atoms. The van der Waals surface area contributed by atoms with Gasteiger partial charge in [0.15, 0.2) is 0 Å². The Balaban J connectivity index is 1.93. The summed E-state index contributed by atoms with van der Waals surface area (Å²) in [5.41, 5.74) is 1.68. The van der Waals surface area contributed by atoms with Crippen LogP contribution < -0.4 is 0 Å². The number of phosphoric acid groups is 1. The van der Waals surface area contributed by atoms with E-state index in [0.29, 0.717) is 0 Å². The summed E-state index contributed by atoms with van der Waals surface area (Å²) in [5.74, 6) is -0.436. The molecule has 0 saturated heterocycles. The number of benzene rings is 2. The molecule has 2 aromatic carbocycles. The normalized spacial score (nSPS) is 11.2. The largest absolute Gasteiger partial charge is 0.475 e. The number of carbonyl (C=O) groups is 1. The van der Waals surface area contributed by atoms with E-state index in [-0.39, 0.29) is 26.4 Å². The van der Waals surface area contributed by atoms with E-state index in [1.54, 1.807) is 0 Å². The quantitative estimate of drug-likeness (QED) is 0.359. The standard InChI is InChI=1S/C18H21O6P/c1-16(19)21-12-13-22-25(20,23-14-17-8-4-2-5-9-17)24-15-18-10-6-3-7-11-18/h2-11H,12-15H2,1H3. The van der Waals surface area contributed by atoms with Gasteiger partial charge >= 0.3 is 13.8 Å². The van der Waals surface area contributed by atoms with Gasteiger partial charge in [0.25, 0.3) is 0 Å². The summed E-state index contributed by atoms with van der Waals surface area (Å²) in [5, 5.41) is 0. The zero-order chi connectivity index (χ0) is 18.0. The van der Waals surface area contributed by atoms with Crippen LogP contribution in [0.5, 0.6) is 0 Å². The van der Waals surface area contributed by atoms with Crippen LogP contribution in [-0.4, -0.2) is 19.2 Å². The van der Waals surface area contributed by atoms with Crippen molar-refractivity contribution in [1.29, 1.82) is 0 Å². The second kappa shape index (κ2) is 10.1. The Labute approximate surface area is 147 Å². The van der Waals surface area contributed by atoms with Gasteiger partial charge in [-0.05, 0) is 11.1 Å². The maximum Gasteiger partial charge on any atom is 0.475 e. The van der Waals surface area contributed by atoms with E-state index in [9.17, 15) is 9.36 Å². The first-order valence-electron chi connectivity index (χ1n) is 7.82. The van der Waals surface area contributed by atoms with E-state index in [4.69, 9.17) is 18.3 Å². The first kappa shape index (κ1) is 19.3. The fourth-order valence-corrected chi connectivity index (χ4v) is 3.04. The molecule has 6 nitrogen and oxygen atoms in total. The van der Waals surface area contributed by atoms with Crippen molar-refractivity contribution in [3.8, 4) is 0 Å². The fourth-order valence-electron chi connectivity index (χ4n) is 1.90. The molecule has 0 aliphatic carbocycles. The maximum atomic E-state index is 12.8. The molecule has 0 atom stereocenters. The van der Waals surface area contributed by atoms with Gasteiger partial charge in [-0.15, -0.1) is 0 Å². The summed E-state index contributed by atoms with van der Waals surface area (Å²) in [6.45, 7) is 1.35. The number of ether oxygens (including phenoxy) is 1. The summed E-state index contributed by atoms with van der Waals surface area (Å²) in [6, 6.07) is 18.6. The first-order valence-corrected chi connectivity index (χ1v) is 9.28. The second-order valence-corrected chi connectivity index (χ2v) is 6.81. The Morgan fingerprint density at radius 2 is 1.28 bits per heavy atom. The van der Waals surface area contributed by atoms with E-state index in [1.165, 1.54) is 6.92 Å². The van der Waals surface area contributed by atoms with Crippen molar-refractivity contribution in [2.45, 2.75) is 20.1 Å². The topological polar surface area (TPSA) is 71.1 Å². The van der Waals surface area contributed by atoms with Crippen molar-refractivity contribution in [3.05, 3.63) is 71.8 Å². The van der Waals surface area contributed by atoms with Gasteiger partial charge < -0.3 is 4.74 Å². The predicted octanol–water partition coefficient (Wildman–Crippen LogP) is 4.11.